The van der Waals surface area contributed by atoms with Gasteiger partial charge < -0.3 is 24.2 Å². The highest BCUT2D eigenvalue weighted by atomic mass is 31.2. The fourth-order valence-corrected chi connectivity index (χ4v) is 4.09. The summed E-state index contributed by atoms with van der Waals surface area (Å²) >= 11 is 0. The van der Waals surface area contributed by atoms with Gasteiger partial charge in [0.2, 0.25) is 0 Å². The van der Waals surface area contributed by atoms with E-state index in [0.29, 0.717) is 6.42 Å². The minimum Gasteiger partial charge on any atom is -0.445 e. The van der Waals surface area contributed by atoms with Crippen molar-refractivity contribution in [1.29, 1.82) is 0 Å². The highest BCUT2D eigenvalue weighted by Crippen LogP contribution is 2.53. The summed E-state index contributed by atoms with van der Waals surface area (Å²) in [6.45, 7) is 5.58. The molecule has 1 aromatic carbocycles. The van der Waals surface area contributed by atoms with Crippen molar-refractivity contribution in [2.24, 2.45) is 0 Å². The molecule has 25 heavy (non-hydrogen) atoms. The number of aliphatic hydroxyl groups is 1. The van der Waals surface area contributed by atoms with Gasteiger partial charge in [0.25, 0.3) is 0 Å². The lowest BCUT2D eigenvalue weighted by Crippen LogP contribution is -2.38. The number of nitrogens with one attached hydrogen (secondary N) is 1. The van der Waals surface area contributed by atoms with Crippen LogP contribution in [0, 0.1) is 0 Å². The van der Waals surface area contributed by atoms with Crippen molar-refractivity contribution in [2.75, 3.05) is 13.2 Å². The number of amides is 1. The largest absolute Gasteiger partial charge is 0.445 e. The maximum Gasteiger partial charge on any atom is 0.408 e. The Morgan fingerprint density at radius 3 is 2.28 bits per heavy atom. The van der Waals surface area contributed by atoms with E-state index in [2.05, 4.69) is 5.32 Å². The van der Waals surface area contributed by atoms with Crippen molar-refractivity contribution >= 4 is 13.7 Å². The number of rotatable bonds is 11. The topological polar surface area (TPSA) is 94.1 Å². The van der Waals surface area contributed by atoms with Crippen molar-refractivity contribution in [1.82, 2.24) is 5.32 Å². The average Bonchev–Trinajstić information content (AvgIpc) is 2.60. The molecule has 0 radical (unpaired) electrons. The average molecular weight is 373 g/mol. The second-order valence-electron chi connectivity index (χ2n) is 5.40. The highest BCUT2D eigenvalue weighted by Gasteiger charge is 2.38. The molecule has 1 amide bonds. The minimum atomic E-state index is -3.62. The molecule has 7 nitrogen and oxygen atoms in total. The van der Waals surface area contributed by atoms with E-state index in [1.165, 1.54) is 0 Å². The lowest BCUT2D eigenvalue weighted by Gasteiger charge is -2.28. The van der Waals surface area contributed by atoms with Gasteiger partial charge in [0.05, 0.1) is 19.3 Å². The fourth-order valence-electron chi connectivity index (χ4n) is 2.17. The van der Waals surface area contributed by atoms with Gasteiger partial charge >= 0.3 is 13.7 Å². The SMILES string of the molecule is CCOP(=O)(OCC)[C@@H](CC(O)CC)NC(=O)OCc1ccccc1. The van der Waals surface area contributed by atoms with Crippen molar-refractivity contribution in [3.05, 3.63) is 35.9 Å². The summed E-state index contributed by atoms with van der Waals surface area (Å²) in [5.74, 6) is -0.981. The molecular formula is C17H28NO6P. The van der Waals surface area contributed by atoms with E-state index in [9.17, 15) is 14.5 Å². The first-order chi connectivity index (χ1) is 11.9. The smallest absolute Gasteiger partial charge is 0.408 e. The molecule has 2 atom stereocenters. The van der Waals surface area contributed by atoms with Crippen LogP contribution in [-0.2, 0) is 25.0 Å². The summed E-state index contributed by atoms with van der Waals surface area (Å²) in [7, 11) is -3.62. The predicted molar refractivity (Wildman–Crippen MR) is 95.3 cm³/mol. The summed E-state index contributed by atoms with van der Waals surface area (Å²) < 4.78 is 28.7. The molecule has 1 unspecified atom stereocenters. The van der Waals surface area contributed by atoms with Gasteiger partial charge in [-0.15, -0.1) is 0 Å². The quantitative estimate of drug-likeness (QED) is 0.575. The molecule has 1 aromatic rings. The third kappa shape index (κ3) is 7.57. The van der Waals surface area contributed by atoms with E-state index in [-0.39, 0.29) is 26.2 Å². The Balaban J connectivity index is 2.77. The molecule has 0 aliphatic heterocycles. The number of ether oxygens (including phenoxy) is 1. The minimum absolute atomic E-state index is 0.0498. The first-order valence-electron chi connectivity index (χ1n) is 8.49. The standard InChI is InChI=1S/C17H28NO6P/c1-4-15(19)12-16(25(21,23-5-2)24-6-3)18-17(20)22-13-14-10-8-7-9-11-14/h7-11,15-16,19H,4-6,12-13H2,1-3H3,(H,18,20)/t15?,16-/m0/s1. The van der Waals surface area contributed by atoms with Gasteiger partial charge in [-0.3, -0.25) is 4.57 Å². The molecule has 0 spiro atoms. The van der Waals surface area contributed by atoms with Crippen LogP contribution in [-0.4, -0.2) is 36.3 Å². The molecule has 0 aliphatic carbocycles. The molecule has 0 fully saturated rings. The fraction of sp³-hybridized carbons (Fsp3) is 0.588. The molecule has 0 aromatic heterocycles. The summed E-state index contributed by atoms with van der Waals surface area (Å²) in [4.78, 5) is 12.1. The Hall–Kier alpha value is -1.40. The molecule has 0 bridgehead atoms. The molecule has 8 heteroatoms. The number of aliphatic hydroxyl groups excluding tert-OH is 1. The number of carbonyl (C=O) groups is 1. The molecule has 0 saturated heterocycles. The Kier molecular flexibility index (Phi) is 9.75. The van der Waals surface area contributed by atoms with Crippen molar-refractivity contribution in [3.8, 4) is 0 Å². The van der Waals surface area contributed by atoms with Gasteiger partial charge in [-0.05, 0) is 25.8 Å². The Morgan fingerprint density at radius 2 is 1.76 bits per heavy atom. The number of carbonyl (C=O) groups excluding carboxylic acids is 1. The van der Waals surface area contributed by atoms with Gasteiger partial charge in [-0.1, -0.05) is 37.3 Å². The third-order valence-corrected chi connectivity index (χ3v) is 5.80. The number of hydrogen-bond acceptors (Lipinski definition) is 6. The lowest BCUT2D eigenvalue weighted by atomic mass is 10.2. The first-order valence-corrected chi connectivity index (χ1v) is 10.1. The maximum absolute atomic E-state index is 12.9. The first kappa shape index (κ1) is 21.6. The Bertz CT molecular complexity index is 543. The number of benzene rings is 1. The second-order valence-corrected chi connectivity index (χ2v) is 7.61. The molecular weight excluding hydrogens is 345 g/mol. The molecule has 1 rings (SSSR count). The summed E-state index contributed by atoms with van der Waals surface area (Å²) in [6, 6.07) is 9.21. The number of hydrogen-bond donors (Lipinski definition) is 2. The Morgan fingerprint density at radius 1 is 1.16 bits per heavy atom. The van der Waals surface area contributed by atoms with Gasteiger partial charge in [0, 0.05) is 6.42 Å². The zero-order valence-corrected chi connectivity index (χ0v) is 15.9. The summed E-state index contributed by atoms with van der Waals surface area (Å²) in [5, 5.41) is 12.5. The summed E-state index contributed by atoms with van der Waals surface area (Å²) in [6.07, 6.45) is -0.977. The normalized spacial score (nSPS) is 13.9. The zero-order chi connectivity index (χ0) is 18.7. The van der Waals surface area contributed by atoms with Crippen molar-refractivity contribution in [2.45, 2.75) is 52.1 Å². The van der Waals surface area contributed by atoms with E-state index >= 15 is 0 Å². The van der Waals surface area contributed by atoms with Gasteiger partial charge in [-0.25, -0.2) is 4.79 Å². The van der Waals surface area contributed by atoms with Crippen LogP contribution in [0.3, 0.4) is 0 Å². The van der Waals surface area contributed by atoms with Crippen molar-refractivity contribution in [3.63, 3.8) is 0 Å². The van der Waals surface area contributed by atoms with Crippen LogP contribution >= 0.6 is 7.60 Å². The van der Waals surface area contributed by atoms with Crippen LogP contribution in [0.1, 0.15) is 39.2 Å². The maximum atomic E-state index is 12.9. The predicted octanol–water partition coefficient (Wildman–Crippen LogP) is 3.67. The van der Waals surface area contributed by atoms with Gasteiger partial charge in [0.15, 0.2) is 0 Å². The van der Waals surface area contributed by atoms with Crippen LogP contribution in [0.4, 0.5) is 4.79 Å². The molecule has 0 aliphatic rings. The highest BCUT2D eigenvalue weighted by molar-refractivity contribution is 7.54. The molecule has 0 heterocycles. The zero-order valence-electron chi connectivity index (χ0n) is 15.0. The molecule has 2 N–H and O–H groups in total. The lowest BCUT2D eigenvalue weighted by molar-refractivity contribution is 0.120. The van der Waals surface area contributed by atoms with E-state index in [0.717, 1.165) is 5.56 Å². The van der Waals surface area contributed by atoms with Gasteiger partial charge in [-0.2, -0.15) is 0 Å². The van der Waals surface area contributed by atoms with Gasteiger partial charge in [0.1, 0.15) is 12.4 Å². The van der Waals surface area contributed by atoms with Crippen LogP contribution in [0.15, 0.2) is 30.3 Å². The molecule has 142 valence electrons. The third-order valence-electron chi connectivity index (χ3n) is 3.46. The van der Waals surface area contributed by atoms with Crippen LogP contribution in [0.25, 0.3) is 0 Å². The van der Waals surface area contributed by atoms with E-state index in [1.54, 1.807) is 20.8 Å². The van der Waals surface area contributed by atoms with E-state index < -0.39 is 25.6 Å². The monoisotopic (exact) mass is 373 g/mol. The molecule has 0 saturated carbocycles. The Labute approximate surface area is 149 Å². The van der Waals surface area contributed by atoms with Crippen LogP contribution in [0.5, 0.6) is 0 Å². The van der Waals surface area contributed by atoms with E-state index in [1.807, 2.05) is 30.3 Å². The summed E-state index contributed by atoms with van der Waals surface area (Å²) in [5.41, 5.74) is 0.834. The number of alkyl carbamates (subject to hydrolysis) is 1. The van der Waals surface area contributed by atoms with Crippen LogP contribution < -0.4 is 5.32 Å². The van der Waals surface area contributed by atoms with Crippen molar-refractivity contribution < 1.29 is 28.3 Å². The van der Waals surface area contributed by atoms with E-state index in [4.69, 9.17) is 13.8 Å². The van der Waals surface area contributed by atoms with Crippen LogP contribution in [0.2, 0.25) is 0 Å². The second kappa shape index (κ2) is 11.3.